The summed E-state index contributed by atoms with van der Waals surface area (Å²) < 4.78 is 0. The van der Waals surface area contributed by atoms with E-state index < -0.39 is 0 Å². The van der Waals surface area contributed by atoms with Gasteiger partial charge in [0.2, 0.25) is 0 Å². The highest BCUT2D eigenvalue weighted by molar-refractivity contribution is 7.78. The summed E-state index contributed by atoms with van der Waals surface area (Å²) in [6, 6.07) is 23.1. The molecule has 0 N–H and O–H groups in total. The maximum atomic E-state index is 4.80. The minimum Gasteiger partial charge on any atom is -0.194 e. The molecule has 2 heteroatoms. The number of nitrogens with zero attached hydrogens (tertiary/aromatic N) is 1. The summed E-state index contributed by atoms with van der Waals surface area (Å²) >= 11 is 4.80. The standard InChI is InChI=1S/C19H11NS/c21-12-20-18-11-5-10-17-15-7-2-1-6-13(15)14-8-3-4-9-16(14)19(17)18/h1-11H. The molecule has 0 heterocycles. The van der Waals surface area contributed by atoms with E-state index >= 15 is 0 Å². The summed E-state index contributed by atoms with van der Waals surface area (Å²) in [6.45, 7) is 0. The van der Waals surface area contributed by atoms with E-state index in [-0.39, 0.29) is 0 Å². The fraction of sp³-hybridized carbons (Fsp3) is 0. The largest absolute Gasteiger partial charge is 0.194 e. The molecule has 21 heavy (non-hydrogen) atoms. The zero-order chi connectivity index (χ0) is 14.2. The van der Waals surface area contributed by atoms with E-state index in [1.165, 1.54) is 26.9 Å². The molecule has 4 aromatic rings. The second-order valence-electron chi connectivity index (χ2n) is 4.99. The van der Waals surface area contributed by atoms with Crippen LogP contribution in [0.2, 0.25) is 0 Å². The van der Waals surface area contributed by atoms with E-state index in [0.717, 1.165) is 11.1 Å². The number of fused-ring (bicyclic) bond motifs is 6. The van der Waals surface area contributed by atoms with Gasteiger partial charge in [-0.3, -0.25) is 0 Å². The van der Waals surface area contributed by atoms with Crippen molar-refractivity contribution in [3.63, 3.8) is 0 Å². The zero-order valence-corrected chi connectivity index (χ0v) is 12.0. The minimum absolute atomic E-state index is 0.879. The number of benzene rings is 4. The first kappa shape index (κ1) is 12.2. The lowest BCUT2D eigenvalue weighted by Crippen LogP contribution is -1.83. The number of hydrogen-bond acceptors (Lipinski definition) is 2. The molecule has 0 spiro atoms. The maximum Gasteiger partial charge on any atom is 0.0824 e. The fourth-order valence-corrected chi connectivity index (χ4v) is 3.18. The first-order valence-corrected chi connectivity index (χ1v) is 7.21. The predicted molar refractivity (Wildman–Crippen MR) is 93.6 cm³/mol. The average molecular weight is 285 g/mol. The minimum atomic E-state index is 0.879. The normalized spacial score (nSPS) is 10.9. The van der Waals surface area contributed by atoms with Crippen LogP contribution in [0.15, 0.2) is 71.7 Å². The Kier molecular flexibility index (Phi) is 2.78. The third-order valence-electron chi connectivity index (χ3n) is 3.91. The van der Waals surface area contributed by atoms with Crippen molar-refractivity contribution in [1.29, 1.82) is 0 Å². The van der Waals surface area contributed by atoms with Crippen LogP contribution >= 0.6 is 12.2 Å². The van der Waals surface area contributed by atoms with Gasteiger partial charge in [0.15, 0.2) is 0 Å². The lowest BCUT2D eigenvalue weighted by Gasteiger charge is -2.11. The number of hydrogen-bond donors (Lipinski definition) is 0. The van der Waals surface area contributed by atoms with Gasteiger partial charge in [-0.15, -0.1) is 0 Å². The lowest BCUT2D eigenvalue weighted by molar-refractivity contribution is 1.61. The molecule has 0 bridgehead atoms. The smallest absolute Gasteiger partial charge is 0.0824 e. The summed E-state index contributed by atoms with van der Waals surface area (Å²) in [6.07, 6.45) is 0. The first-order valence-electron chi connectivity index (χ1n) is 6.80. The van der Waals surface area contributed by atoms with Gasteiger partial charge in [0.25, 0.3) is 0 Å². The number of isothiocyanates is 1. The van der Waals surface area contributed by atoms with E-state index in [2.05, 4.69) is 64.8 Å². The third kappa shape index (κ3) is 1.78. The second-order valence-corrected chi connectivity index (χ2v) is 5.18. The SMILES string of the molecule is S=C=Nc1cccc2c3ccccc3c3ccccc3c12. The van der Waals surface area contributed by atoms with Crippen LogP contribution in [0.4, 0.5) is 5.69 Å². The molecule has 0 atom stereocenters. The predicted octanol–water partition coefficient (Wildman–Crippen LogP) is 5.88. The van der Waals surface area contributed by atoms with Crippen molar-refractivity contribution < 1.29 is 0 Å². The van der Waals surface area contributed by atoms with E-state index in [0.29, 0.717) is 0 Å². The van der Waals surface area contributed by atoms with Crippen molar-refractivity contribution in [1.82, 2.24) is 0 Å². The van der Waals surface area contributed by atoms with Crippen molar-refractivity contribution in [2.45, 2.75) is 0 Å². The number of thiocarbonyl (C=S) groups is 1. The fourth-order valence-electron chi connectivity index (χ4n) is 3.08. The highest BCUT2D eigenvalue weighted by atomic mass is 32.1. The molecule has 0 unspecified atom stereocenters. The monoisotopic (exact) mass is 285 g/mol. The van der Waals surface area contributed by atoms with Crippen LogP contribution in [-0.2, 0) is 0 Å². The van der Waals surface area contributed by atoms with Crippen LogP contribution in [0.5, 0.6) is 0 Å². The van der Waals surface area contributed by atoms with Gasteiger partial charge in [0.1, 0.15) is 0 Å². The van der Waals surface area contributed by atoms with Crippen LogP contribution in [0.1, 0.15) is 0 Å². The molecule has 0 saturated carbocycles. The van der Waals surface area contributed by atoms with Crippen molar-refractivity contribution in [2.24, 2.45) is 4.99 Å². The molecule has 4 aromatic carbocycles. The van der Waals surface area contributed by atoms with Gasteiger partial charge in [0.05, 0.1) is 10.8 Å². The molecule has 0 fully saturated rings. The van der Waals surface area contributed by atoms with Crippen LogP contribution in [0.25, 0.3) is 32.3 Å². The van der Waals surface area contributed by atoms with Crippen molar-refractivity contribution in [3.05, 3.63) is 66.7 Å². The van der Waals surface area contributed by atoms with Gasteiger partial charge in [-0.2, -0.15) is 4.99 Å². The van der Waals surface area contributed by atoms with Gasteiger partial charge >= 0.3 is 0 Å². The third-order valence-corrected chi connectivity index (χ3v) is 4.00. The molecule has 0 aliphatic heterocycles. The Morgan fingerprint density at radius 1 is 0.619 bits per heavy atom. The zero-order valence-electron chi connectivity index (χ0n) is 11.2. The Labute approximate surface area is 127 Å². The molecular weight excluding hydrogens is 274 g/mol. The Bertz CT molecular complexity index is 998. The molecule has 0 saturated heterocycles. The number of aliphatic imine (C=N–C) groups is 1. The van der Waals surface area contributed by atoms with Crippen molar-refractivity contribution in [3.8, 4) is 0 Å². The maximum absolute atomic E-state index is 4.80. The van der Waals surface area contributed by atoms with Gasteiger partial charge in [-0.1, -0.05) is 60.7 Å². The molecule has 0 aliphatic carbocycles. The molecule has 0 radical (unpaired) electrons. The van der Waals surface area contributed by atoms with Crippen molar-refractivity contribution in [2.75, 3.05) is 0 Å². The van der Waals surface area contributed by atoms with E-state index in [1.54, 1.807) is 0 Å². The summed E-state index contributed by atoms with van der Waals surface area (Å²) in [4.78, 5) is 4.26. The lowest BCUT2D eigenvalue weighted by atomic mass is 9.93. The Hall–Kier alpha value is -2.54. The summed E-state index contributed by atoms with van der Waals surface area (Å²) in [5, 5.41) is 9.80. The summed E-state index contributed by atoms with van der Waals surface area (Å²) in [5.41, 5.74) is 0.879. The topological polar surface area (TPSA) is 12.4 Å². The van der Waals surface area contributed by atoms with Gasteiger partial charge in [0, 0.05) is 5.39 Å². The molecular formula is C19H11NS. The molecule has 0 aliphatic rings. The summed E-state index contributed by atoms with van der Waals surface area (Å²) in [7, 11) is 0. The van der Waals surface area contributed by atoms with E-state index in [1.807, 2.05) is 12.1 Å². The van der Waals surface area contributed by atoms with E-state index in [4.69, 9.17) is 12.2 Å². The van der Waals surface area contributed by atoms with Gasteiger partial charge in [-0.05, 0) is 45.2 Å². The van der Waals surface area contributed by atoms with Crippen molar-refractivity contribution >= 4 is 55.4 Å². The van der Waals surface area contributed by atoms with Crippen LogP contribution in [0, 0.1) is 0 Å². The molecule has 1 nitrogen and oxygen atoms in total. The Morgan fingerprint density at radius 3 is 1.67 bits per heavy atom. The average Bonchev–Trinajstić information content (AvgIpc) is 2.55. The van der Waals surface area contributed by atoms with Crippen LogP contribution < -0.4 is 0 Å². The molecule has 0 aromatic heterocycles. The molecule has 4 rings (SSSR count). The van der Waals surface area contributed by atoms with Gasteiger partial charge < -0.3 is 0 Å². The molecule has 98 valence electrons. The van der Waals surface area contributed by atoms with Gasteiger partial charge in [-0.25, -0.2) is 0 Å². The summed E-state index contributed by atoms with van der Waals surface area (Å²) in [5.74, 6) is 0. The highest BCUT2D eigenvalue weighted by Crippen LogP contribution is 2.39. The Balaban J connectivity index is 2.42. The second kappa shape index (κ2) is 4.78. The Morgan fingerprint density at radius 2 is 1.10 bits per heavy atom. The number of rotatable bonds is 1. The molecule has 0 amide bonds. The van der Waals surface area contributed by atoms with Crippen LogP contribution in [-0.4, -0.2) is 5.16 Å². The highest BCUT2D eigenvalue weighted by Gasteiger charge is 2.10. The first-order chi connectivity index (χ1) is 10.4. The van der Waals surface area contributed by atoms with Crippen LogP contribution in [0.3, 0.4) is 0 Å². The quantitative estimate of drug-likeness (QED) is 0.242. The van der Waals surface area contributed by atoms with E-state index in [9.17, 15) is 0 Å².